The van der Waals surface area contributed by atoms with Crippen molar-refractivity contribution < 1.29 is 20.4 Å². The number of aliphatic hydroxyl groups excluding tert-OH is 2. The first-order valence-electron chi connectivity index (χ1n) is 4.29. The van der Waals surface area contributed by atoms with Crippen molar-refractivity contribution in [1.82, 2.24) is 0 Å². The van der Waals surface area contributed by atoms with E-state index in [-0.39, 0.29) is 13.2 Å². The van der Waals surface area contributed by atoms with Crippen molar-refractivity contribution in [2.45, 2.75) is 37.9 Å². The van der Waals surface area contributed by atoms with Gasteiger partial charge in [-0.25, -0.2) is 0 Å². The second-order valence-electron chi connectivity index (χ2n) is 2.99. The summed E-state index contributed by atoms with van der Waals surface area (Å²) in [6.07, 6.45) is 4.21. The Bertz CT molecular complexity index is 93.2. The van der Waals surface area contributed by atoms with E-state index in [0.29, 0.717) is 12.8 Å². The average Bonchev–Trinajstić information content (AvgIpc) is 2.05. The maximum atomic E-state index is 8.93. The zero-order chi connectivity index (χ0) is 9.45. The molecular formula is C8H18O4. The summed E-state index contributed by atoms with van der Waals surface area (Å²) in [4.78, 5) is 0. The summed E-state index contributed by atoms with van der Waals surface area (Å²) in [6.45, 7) is -0.250. The molecule has 4 N–H and O–H groups in total. The minimum atomic E-state index is -1.32. The number of hydrogen-bond acceptors (Lipinski definition) is 4. The summed E-state index contributed by atoms with van der Waals surface area (Å²) >= 11 is 0. The van der Waals surface area contributed by atoms with Gasteiger partial charge in [-0.2, -0.15) is 0 Å². The molecule has 0 aliphatic heterocycles. The normalized spacial score (nSPS) is 21.0. The fourth-order valence-corrected chi connectivity index (χ4v) is 1.12. The van der Waals surface area contributed by atoms with Crippen molar-refractivity contribution in [2.75, 3.05) is 13.2 Å². The summed E-state index contributed by atoms with van der Waals surface area (Å²) in [5.41, 5.74) is 0. The first-order valence-corrected chi connectivity index (χ1v) is 4.29. The van der Waals surface area contributed by atoms with Crippen LogP contribution in [0.25, 0.3) is 0 Å². The van der Waals surface area contributed by atoms with Crippen LogP contribution in [0.2, 0.25) is 0 Å². The van der Waals surface area contributed by atoms with Gasteiger partial charge in [-0.05, 0) is 12.8 Å². The Kier molecular flexibility index (Phi) is 6.28. The SMILES string of the molecule is OC1(O)CCCCC1.OCCO. The van der Waals surface area contributed by atoms with Gasteiger partial charge in [-0.15, -0.1) is 0 Å². The highest BCUT2D eigenvalue weighted by molar-refractivity contribution is 4.69. The smallest absolute Gasteiger partial charge is 0.162 e. The van der Waals surface area contributed by atoms with Crippen LogP contribution in [0.4, 0.5) is 0 Å². The second kappa shape index (κ2) is 6.37. The van der Waals surface area contributed by atoms with Crippen molar-refractivity contribution in [3.05, 3.63) is 0 Å². The molecule has 1 aliphatic rings. The molecule has 0 amide bonds. The van der Waals surface area contributed by atoms with Crippen LogP contribution in [0.5, 0.6) is 0 Å². The van der Waals surface area contributed by atoms with E-state index in [1.807, 2.05) is 0 Å². The van der Waals surface area contributed by atoms with Crippen LogP contribution >= 0.6 is 0 Å². The lowest BCUT2D eigenvalue weighted by molar-refractivity contribution is -0.180. The Hall–Kier alpha value is -0.160. The van der Waals surface area contributed by atoms with E-state index in [2.05, 4.69) is 0 Å². The van der Waals surface area contributed by atoms with Crippen LogP contribution in [-0.2, 0) is 0 Å². The molecule has 0 spiro atoms. The van der Waals surface area contributed by atoms with Crippen molar-refractivity contribution >= 4 is 0 Å². The first kappa shape index (κ1) is 11.8. The van der Waals surface area contributed by atoms with Crippen LogP contribution in [0.1, 0.15) is 32.1 Å². The van der Waals surface area contributed by atoms with Crippen molar-refractivity contribution in [3.8, 4) is 0 Å². The van der Waals surface area contributed by atoms with Crippen molar-refractivity contribution in [2.24, 2.45) is 0 Å². The van der Waals surface area contributed by atoms with Gasteiger partial charge in [0.05, 0.1) is 13.2 Å². The molecule has 74 valence electrons. The highest BCUT2D eigenvalue weighted by Crippen LogP contribution is 2.24. The summed E-state index contributed by atoms with van der Waals surface area (Å²) in [5, 5.41) is 33.1. The molecule has 0 aromatic heterocycles. The summed E-state index contributed by atoms with van der Waals surface area (Å²) in [7, 11) is 0. The lowest BCUT2D eigenvalue weighted by atomic mass is 9.95. The van der Waals surface area contributed by atoms with E-state index in [4.69, 9.17) is 20.4 Å². The second-order valence-corrected chi connectivity index (χ2v) is 2.99. The third kappa shape index (κ3) is 6.54. The maximum Gasteiger partial charge on any atom is 0.162 e. The van der Waals surface area contributed by atoms with Crippen molar-refractivity contribution in [3.63, 3.8) is 0 Å². The zero-order valence-corrected chi connectivity index (χ0v) is 7.24. The predicted octanol–water partition coefficient (Wildman–Crippen LogP) is -0.398. The summed E-state index contributed by atoms with van der Waals surface area (Å²) in [5.74, 6) is -1.32. The van der Waals surface area contributed by atoms with E-state index in [0.717, 1.165) is 19.3 Å². The molecule has 0 atom stereocenters. The van der Waals surface area contributed by atoms with E-state index in [9.17, 15) is 0 Å². The van der Waals surface area contributed by atoms with Gasteiger partial charge in [-0.3, -0.25) is 0 Å². The molecule has 4 nitrogen and oxygen atoms in total. The molecule has 0 aromatic rings. The molecule has 0 aromatic carbocycles. The first-order chi connectivity index (χ1) is 5.62. The molecule has 4 heteroatoms. The fourth-order valence-electron chi connectivity index (χ4n) is 1.12. The molecule has 0 saturated heterocycles. The highest BCUT2D eigenvalue weighted by atomic mass is 16.5. The Morgan fingerprint density at radius 2 is 1.25 bits per heavy atom. The van der Waals surface area contributed by atoms with Crippen LogP contribution in [-0.4, -0.2) is 39.4 Å². The quantitative estimate of drug-likeness (QED) is 0.412. The lowest BCUT2D eigenvalue weighted by Gasteiger charge is -2.25. The third-order valence-corrected chi connectivity index (χ3v) is 1.75. The van der Waals surface area contributed by atoms with Crippen LogP contribution < -0.4 is 0 Å². The van der Waals surface area contributed by atoms with Gasteiger partial charge >= 0.3 is 0 Å². The monoisotopic (exact) mass is 178 g/mol. The highest BCUT2D eigenvalue weighted by Gasteiger charge is 2.24. The van der Waals surface area contributed by atoms with Gasteiger partial charge < -0.3 is 20.4 Å². The zero-order valence-electron chi connectivity index (χ0n) is 7.24. The van der Waals surface area contributed by atoms with Gasteiger partial charge in [0, 0.05) is 12.8 Å². The van der Waals surface area contributed by atoms with Crippen LogP contribution in [0.3, 0.4) is 0 Å². The van der Waals surface area contributed by atoms with E-state index < -0.39 is 5.79 Å². The maximum absolute atomic E-state index is 8.93. The van der Waals surface area contributed by atoms with Gasteiger partial charge in [0.2, 0.25) is 0 Å². The fraction of sp³-hybridized carbons (Fsp3) is 1.00. The number of aliphatic hydroxyl groups is 4. The Morgan fingerprint density at radius 1 is 0.833 bits per heavy atom. The molecule has 0 radical (unpaired) electrons. The Labute approximate surface area is 72.5 Å². The summed E-state index contributed by atoms with van der Waals surface area (Å²) in [6, 6.07) is 0. The molecule has 1 rings (SSSR count). The van der Waals surface area contributed by atoms with Crippen molar-refractivity contribution in [1.29, 1.82) is 0 Å². The molecule has 12 heavy (non-hydrogen) atoms. The van der Waals surface area contributed by atoms with Crippen LogP contribution in [0.15, 0.2) is 0 Å². The van der Waals surface area contributed by atoms with Gasteiger partial charge in [0.15, 0.2) is 5.79 Å². The largest absolute Gasteiger partial charge is 0.394 e. The molecular weight excluding hydrogens is 160 g/mol. The number of rotatable bonds is 1. The number of hydrogen-bond donors (Lipinski definition) is 4. The molecule has 1 saturated carbocycles. The standard InChI is InChI=1S/C6H12O2.C2H6O2/c7-6(8)4-2-1-3-5-6;3-1-2-4/h7-8H,1-5H2;3-4H,1-2H2. The van der Waals surface area contributed by atoms with Gasteiger partial charge in [0.1, 0.15) is 0 Å². The lowest BCUT2D eigenvalue weighted by Crippen LogP contribution is -2.30. The predicted molar refractivity (Wildman–Crippen MR) is 44.4 cm³/mol. The average molecular weight is 178 g/mol. The Morgan fingerprint density at radius 3 is 1.42 bits per heavy atom. The van der Waals surface area contributed by atoms with E-state index >= 15 is 0 Å². The third-order valence-electron chi connectivity index (χ3n) is 1.75. The Balaban J connectivity index is 0.000000261. The van der Waals surface area contributed by atoms with E-state index in [1.165, 1.54) is 0 Å². The molecule has 1 fully saturated rings. The van der Waals surface area contributed by atoms with Gasteiger partial charge in [0.25, 0.3) is 0 Å². The minimum absolute atomic E-state index is 0.125. The molecule has 0 unspecified atom stereocenters. The minimum Gasteiger partial charge on any atom is -0.394 e. The van der Waals surface area contributed by atoms with Crippen LogP contribution in [0, 0.1) is 0 Å². The van der Waals surface area contributed by atoms with Gasteiger partial charge in [-0.1, -0.05) is 6.42 Å². The van der Waals surface area contributed by atoms with E-state index in [1.54, 1.807) is 0 Å². The molecule has 1 aliphatic carbocycles. The molecule has 0 bridgehead atoms. The summed E-state index contributed by atoms with van der Waals surface area (Å²) < 4.78 is 0. The molecule has 0 heterocycles. The topological polar surface area (TPSA) is 80.9 Å².